The van der Waals surface area contributed by atoms with Crippen molar-refractivity contribution in [2.24, 2.45) is 0 Å². The van der Waals surface area contributed by atoms with Crippen LogP contribution >= 0.6 is 11.8 Å². The molecule has 0 aromatic carbocycles. The van der Waals surface area contributed by atoms with E-state index in [0.717, 1.165) is 42.0 Å². The Balaban J connectivity index is 2.03. The van der Waals surface area contributed by atoms with Gasteiger partial charge in [0.05, 0.1) is 5.75 Å². The number of nitrogens with zero attached hydrogens (tertiary/aromatic N) is 2. The molecule has 1 aliphatic rings. The summed E-state index contributed by atoms with van der Waals surface area (Å²) in [6, 6.07) is 0. The average Bonchev–Trinajstić information content (AvgIpc) is 2.53. The zero-order valence-electron chi connectivity index (χ0n) is 13.7. The van der Waals surface area contributed by atoms with Crippen LogP contribution in [0.25, 0.3) is 0 Å². The van der Waals surface area contributed by atoms with Gasteiger partial charge in [-0.05, 0) is 32.6 Å². The summed E-state index contributed by atoms with van der Waals surface area (Å²) in [5, 5.41) is 4.28. The van der Waals surface area contributed by atoms with Crippen LogP contribution in [-0.2, 0) is 12.2 Å². The van der Waals surface area contributed by atoms with Gasteiger partial charge in [0.25, 0.3) is 0 Å². The second kappa shape index (κ2) is 8.62. The molecule has 1 fully saturated rings. The van der Waals surface area contributed by atoms with E-state index in [4.69, 9.17) is 9.97 Å². The van der Waals surface area contributed by atoms with Crippen LogP contribution < -0.4 is 5.32 Å². The molecule has 0 aliphatic heterocycles. The number of anilines is 1. The first-order chi connectivity index (χ1) is 10.2. The molecule has 1 N–H and O–H groups in total. The first-order valence-corrected chi connectivity index (χ1v) is 9.51. The Hall–Kier alpha value is -0.770. The van der Waals surface area contributed by atoms with Gasteiger partial charge >= 0.3 is 0 Å². The third-order valence-corrected chi connectivity index (χ3v) is 5.54. The Morgan fingerprint density at radius 3 is 2.57 bits per heavy atom. The number of rotatable bonds is 7. The first kappa shape index (κ1) is 16.6. The number of thioether (sulfide) groups is 1. The molecule has 0 spiro atoms. The molecule has 2 rings (SSSR count). The van der Waals surface area contributed by atoms with Gasteiger partial charge in [0.15, 0.2) is 0 Å². The van der Waals surface area contributed by atoms with Crippen LogP contribution in [-0.4, -0.2) is 21.8 Å². The molecule has 4 heteroatoms. The zero-order chi connectivity index (χ0) is 15.1. The van der Waals surface area contributed by atoms with Crippen molar-refractivity contribution in [2.45, 2.75) is 76.7 Å². The van der Waals surface area contributed by atoms with E-state index in [1.807, 2.05) is 0 Å². The van der Waals surface area contributed by atoms with Crippen molar-refractivity contribution in [3.05, 3.63) is 17.1 Å². The lowest BCUT2D eigenvalue weighted by atomic mass is 10.0. The molecule has 1 aromatic rings. The summed E-state index contributed by atoms with van der Waals surface area (Å²) >= 11 is 2.06. The van der Waals surface area contributed by atoms with Crippen LogP contribution in [0.5, 0.6) is 0 Å². The van der Waals surface area contributed by atoms with Gasteiger partial charge in [0.2, 0.25) is 0 Å². The maximum absolute atomic E-state index is 4.77. The summed E-state index contributed by atoms with van der Waals surface area (Å²) in [5.74, 6) is 3.01. The van der Waals surface area contributed by atoms with Crippen LogP contribution in [0.1, 0.15) is 69.5 Å². The summed E-state index contributed by atoms with van der Waals surface area (Å²) in [7, 11) is 0. The van der Waals surface area contributed by atoms with E-state index in [-0.39, 0.29) is 0 Å². The van der Waals surface area contributed by atoms with Crippen LogP contribution in [0, 0.1) is 6.92 Å². The number of hydrogen-bond donors (Lipinski definition) is 1. The van der Waals surface area contributed by atoms with Crippen molar-refractivity contribution in [2.75, 3.05) is 11.9 Å². The molecule has 0 saturated heterocycles. The summed E-state index contributed by atoms with van der Waals surface area (Å²) < 4.78 is 0. The SMILES string of the molecule is CCCNc1nc(CSC2CCCCC2)nc(CC)c1C. The van der Waals surface area contributed by atoms with Gasteiger partial charge in [-0.2, -0.15) is 11.8 Å². The normalized spacial score (nSPS) is 16.1. The minimum atomic E-state index is 0.820. The van der Waals surface area contributed by atoms with Gasteiger partial charge in [-0.1, -0.05) is 33.1 Å². The van der Waals surface area contributed by atoms with Crippen LogP contribution in [0.2, 0.25) is 0 Å². The number of hydrogen-bond acceptors (Lipinski definition) is 4. The second-order valence-corrected chi connectivity index (χ2v) is 7.20. The van der Waals surface area contributed by atoms with E-state index in [2.05, 4.69) is 37.8 Å². The third kappa shape index (κ3) is 4.87. The Bertz CT molecular complexity index is 442. The molecular weight excluding hydrogens is 278 g/mol. The molecule has 1 aliphatic carbocycles. The number of aromatic nitrogens is 2. The standard InChI is InChI=1S/C17H29N3S/c1-4-11-18-17-13(3)15(5-2)19-16(20-17)12-21-14-9-7-6-8-10-14/h14H,4-12H2,1-3H3,(H,18,19,20). The zero-order valence-corrected chi connectivity index (χ0v) is 14.6. The highest BCUT2D eigenvalue weighted by Crippen LogP contribution is 2.30. The molecular formula is C17H29N3S. The molecule has 0 amide bonds. The van der Waals surface area contributed by atoms with Crippen molar-refractivity contribution in [1.29, 1.82) is 0 Å². The number of aryl methyl sites for hydroxylation is 1. The van der Waals surface area contributed by atoms with E-state index in [1.54, 1.807) is 0 Å². The Morgan fingerprint density at radius 1 is 1.14 bits per heavy atom. The fourth-order valence-electron chi connectivity index (χ4n) is 2.86. The summed E-state index contributed by atoms with van der Waals surface area (Å²) in [5.41, 5.74) is 2.42. The molecule has 1 saturated carbocycles. The van der Waals surface area contributed by atoms with Crippen molar-refractivity contribution < 1.29 is 0 Å². The maximum Gasteiger partial charge on any atom is 0.140 e. The van der Waals surface area contributed by atoms with Gasteiger partial charge in [-0.15, -0.1) is 0 Å². The molecule has 118 valence electrons. The predicted molar refractivity (Wildman–Crippen MR) is 93.1 cm³/mol. The van der Waals surface area contributed by atoms with E-state index in [0.29, 0.717) is 0 Å². The summed E-state index contributed by atoms with van der Waals surface area (Å²) in [6.45, 7) is 7.48. The summed E-state index contributed by atoms with van der Waals surface area (Å²) in [4.78, 5) is 9.53. The molecule has 3 nitrogen and oxygen atoms in total. The fourth-order valence-corrected chi connectivity index (χ4v) is 4.04. The predicted octanol–water partition coefficient (Wildman–Crippen LogP) is 4.74. The van der Waals surface area contributed by atoms with Crippen molar-refractivity contribution >= 4 is 17.6 Å². The minimum Gasteiger partial charge on any atom is -0.370 e. The van der Waals surface area contributed by atoms with E-state index in [9.17, 15) is 0 Å². The largest absolute Gasteiger partial charge is 0.370 e. The fraction of sp³-hybridized carbons (Fsp3) is 0.765. The molecule has 0 bridgehead atoms. The highest BCUT2D eigenvalue weighted by molar-refractivity contribution is 7.99. The van der Waals surface area contributed by atoms with Gasteiger partial charge in [0, 0.05) is 23.1 Å². The monoisotopic (exact) mass is 307 g/mol. The summed E-state index contributed by atoms with van der Waals surface area (Å²) in [6.07, 6.45) is 9.07. The second-order valence-electron chi connectivity index (χ2n) is 5.91. The number of nitrogens with one attached hydrogen (secondary N) is 1. The van der Waals surface area contributed by atoms with E-state index >= 15 is 0 Å². The molecule has 0 unspecified atom stereocenters. The highest BCUT2D eigenvalue weighted by atomic mass is 32.2. The van der Waals surface area contributed by atoms with E-state index < -0.39 is 0 Å². The van der Waals surface area contributed by atoms with Crippen LogP contribution in [0.3, 0.4) is 0 Å². The molecule has 21 heavy (non-hydrogen) atoms. The lowest BCUT2D eigenvalue weighted by Crippen LogP contribution is -2.12. The van der Waals surface area contributed by atoms with Crippen molar-refractivity contribution in [1.82, 2.24) is 9.97 Å². The maximum atomic E-state index is 4.77. The van der Waals surface area contributed by atoms with E-state index in [1.165, 1.54) is 43.4 Å². The van der Waals surface area contributed by atoms with Gasteiger partial charge in [-0.3, -0.25) is 0 Å². The quantitative estimate of drug-likeness (QED) is 0.790. The first-order valence-electron chi connectivity index (χ1n) is 8.46. The van der Waals surface area contributed by atoms with Crippen molar-refractivity contribution in [3.63, 3.8) is 0 Å². The lowest BCUT2D eigenvalue weighted by molar-refractivity contribution is 0.516. The Kier molecular flexibility index (Phi) is 6.81. The molecule has 0 radical (unpaired) electrons. The van der Waals surface area contributed by atoms with Gasteiger partial charge < -0.3 is 5.32 Å². The van der Waals surface area contributed by atoms with Gasteiger partial charge in [-0.25, -0.2) is 9.97 Å². The Labute approximate surface area is 133 Å². The Morgan fingerprint density at radius 2 is 1.90 bits per heavy atom. The molecule has 1 aromatic heterocycles. The lowest BCUT2D eigenvalue weighted by Gasteiger charge is -2.21. The average molecular weight is 308 g/mol. The van der Waals surface area contributed by atoms with Crippen LogP contribution in [0.15, 0.2) is 0 Å². The van der Waals surface area contributed by atoms with Crippen LogP contribution in [0.4, 0.5) is 5.82 Å². The molecule has 0 atom stereocenters. The van der Waals surface area contributed by atoms with Crippen molar-refractivity contribution in [3.8, 4) is 0 Å². The third-order valence-electron chi connectivity index (χ3n) is 4.17. The molecule has 1 heterocycles. The highest BCUT2D eigenvalue weighted by Gasteiger charge is 2.15. The topological polar surface area (TPSA) is 37.8 Å². The smallest absolute Gasteiger partial charge is 0.140 e. The van der Waals surface area contributed by atoms with Gasteiger partial charge in [0.1, 0.15) is 11.6 Å². The minimum absolute atomic E-state index is 0.820.